The molecule has 0 amide bonds. The molecule has 0 unspecified atom stereocenters. The van der Waals surface area contributed by atoms with E-state index in [2.05, 4.69) is 33.0 Å². The molecule has 0 heterocycles. The second-order valence-corrected chi connectivity index (χ2v) is 5.19. The van der Waals surface area contributed by atoms with Crippen LogP contribution in [0.1, 0.15) is 34.1 Å². The van der Waals surface area contributed by atoms with Gasteiger partial charge in [-0.1, -0.05) is 27.7 Å². The van der Waals surface area contributed by atoms with Crippen LogP contribution >= 0.6 is 0 Å². The van der Waals surface area contributed by atoms with Crippen LogP contribution in [0, 0.1) is 10.8 Å². The van der Waals surface area contributed by atoms with Gasteiger partial charge in [-0.05, 0) is 30.8 Å². The molecule has 0 aromatic rings. The lowest BCUT2D eigenvalue weighted by Crippen LogP contribution is -2.33. The van der Waals surface area contributed by atoms with Crippen molar-refractivity contribution >= 4 is 0 Å². The van der Waals surface area contributed by atoms with Gasteiger partial charge in [0.25, 0.3) is 0 Å². The van der Waals surface area contributed by atoms with E-state index in [1.54, 1.807) is 0 Å². The first-order valence-electron chi connectivity index (χ1n) is 4.58. The second kappa shape index (κ2) is 4.24. The molecule has 0 spiro atoms. The third-order valence-electron chi connectivity index (χ3n) is 2.04. The van der Waals surface area contributed by atoms with Crippen molar-refractivity contribution in [1.29, 1.82) is 0 Å². The molecule has 0 saturated carbocycles. The molecular formula is C10H23NO. The van der Waals surface area contributed by atoms with Crippen LogP contribution in [0.3, 0.4) is 0 Å². The van der Waals surface area contributed by atoms with Crippen LogP contribution in [0.2, 0.25) is 0 Å². The van der Waals surface area contributed by atoms with Crippen molar-refractivity contribution in [1.82, 2.24) is 5.32 Å². The van der Waals surface area contributed by atoms with E-state index >= 15 is 0 Å². The number of rotatable bonds is 5. The fourth-order valence-electron chi connectivity index (χ4n) is 1.89. The monoisotopic (exact) mass is 173 g/mol. The molecule has 0 aliphatic rings. The Morgan fingerprint density at radius 1 is 1.08 bits per heavy atom. The van der Waals surface area contributed by atoms with Crippen LogP contribution in [0.15, 0.2) is 0 Å². The summed E-state index contributed by atoms with van der Waals surface area (Å²) in [7, 11) is 1.97. The fourth-order valence-corrected chi connectivity index (χ4v) is 1.89. The smallest absolute Gasteiger partial charge is 0.0482 e. The lowest BCUT2D eigenvalue weighted by molar-refractivity contribution is 0.103. The molecule has 0 atom stereocenters. The zero-order chi connectivity index (χ0) is 9.83. The highest BCUT2D eigenvalue weighted by molar-refractivity contribution is 4.79. The van der Waals surface area contributed by atoms with E-state index in [1.807, 2.05) is 7.05 Å². The first-order chi connectivity index (χ1) is 5.33. The number of nitrogens with one attached hydrogen (secondary N) is 1. The van der Waals surface area contributed by atoms with E-state index in [0.717, 1.165) is 13.0 Å². The Bertz CT molecular complexity index is 130. The number of hydrogen-bond acceptors (Lipinski definition) is 2. The Kier molecular flexibility index (Phi) is 4.21. The molecule has 74 valence electrons. The van der Waals surface area contributed by atoms with Gasteiger partial charge >= 0.3 is 0 Å². The lowest BCUT2D eigenvalue weighted by Gasteiger charge is -2.33. The molecule has 0 rings (SSSR count). The molecule has 0 aromatic carbocycles. The summed E-state index contributed by atoms with van der Waals surface area (Å²) in [5.74, 6) is 0. The molecule has 0 aromatic heterocycles. The van der Waals surface area contributed by atoms with Crippen LogP contribution in [-0.4, -0.2) is 25.3 Å². The van der Waals surface area contributed by atoms with Gasteiger partial charge in [0.15, 0.2) is 0 Å². The van der Waals surface area contributed by atoms with Gasteiger partial charge in [0, 0.05) is 6.61 Å². The van der Waals surface area contributed by atoms with Crippen LogP contribution in [0.25, 0.3) is 0 Å². The quantitative estimate of drug-likeness (QED) is 0.662. The zero-order valence-corrected chi connectivity index (χ0v) is 9.07. The van der Waals surface area contributed by atoms with E-state index in [0.29, 0.717) is 0 Å². The van der Waals surface area contributed by atoms with E-state index < -0.39 is 0 Å². The van der Waals surface area contributed by atoms with Crippen molar-refractivity contribution < 1.29 is 5.11 Å². The summed E-state index contributed by atoms with van der Waals surface area (Å²) in [5.41, 5.74) is 0.307. The maximum absolute atomic E-state index is 9.11. The Morgan fingerprint density at radius 2 is 1.58 bits per heavy atom. The molecule has 2 N–H and O–H groups in total. The number of aliphatic hydroxyl groups is 1. The van der Waals surface area contributed by atoms with Crippen molar-refractivity contribution in [2.45, 2.75) is 34.1 Å². The van der Waals surface area contributed by atoms with Crippen LogP contribution in [-0.2, 0) is 0 Å². The van der Waals surface area contributed by atoms with E-state index in [9.17, 15) is 0 Å². The van der Waals surface area contributed by atoms with Crippen molar-refractivity contribution in [2.75, 3.05) is 20.2 Å². The van der Waals surface area contributed by atoms with Gasteiger partial charge in [0.1, 0.15) is 0 Å². The van der Waals surface area contributed by atoms with E-state index in [4.69, 9.17) is 5.11 Å². The Hall–Kier alpha value is -0.0800. The summed E-state index contributed by atoms with van der Waals surface area (Å²) >= 11 is 0. The minimum Gasteiger partial charge on any atom is -0.396 e. The highest BCUT2D eigenvalue weighted by Gasteiger charge is 2.27. The maximum atomic E-state index is 9.11. The van der Waals surface area contributed by atoms with Gasteiger partial charge < -0.3 is 10.4 Å². The third kappa shape index (κ3) is 4.73. The average molecular weight is 173 g/mol. The second-order valence-electron chi connectivity index (χ2n) is 5.19. The number of aliphatic hydroxyl groups excluding tert-OH is 1. The van der Waals surface area contributed by atoms with E-state index in [1.165, 1.54) is 0 Å². The van der Waals surface area contributed by atoms with Gasteiger partial charge in [-0.2, -0.15) is 0 Å². The fraction of sp³-hybridized carbons (Fsp3) is 1.00. The standard InChI is InChI=1S/C10H23NO/c1-9(2,7-11-5)6-10(3,4)8-12/h11-12H,6-8H2,1-5H3. The topological polar surface area (TPSA) is 32.3 Å². The first kappa shape index (κ1) is 11.9. The Morgan fingerprint density at radius 3 is 1.92 bits per heavy atom. The van der Waals surface area contributed by atoms with Gasteiger partial charge in [-0.25, -0.2) is 0 Å². The normalized spacial score (nSPS) is 13.5. The summed E-state index contributed by atoms with van der Waals surface area (Å²) in [6.45, 7) is 9.91. The third-order valence-corrected chi connectivity index (χ3v) is 2.04. The predicted molar refractivity (Wildman–Crippen MR) is 53.2 cm³/mol. The molecule has 0 fully saturated rings. The predicted octanol–water partition coefficient (Wildman–Crippen LogP) is 1.64. The maximum Gasteiger partial charge on any atom is 0.0482 e. The molecular weight excluding hydrogens is 150 g/mol. The molecule has 0 radical (unpaired) electrons. The summed E-state index contributed by atoms with van der Waals surface area (Å²) in [4.78, 5) is 0. The van der Waals surface area contributed by atoms with Crippen molar-refractivity contribution in [3.05, 3.63) is 0 Å². The SMILES string of the molecule is CNCC(C)(C)CC(C)(C)CO. The molecule has 0 saturated heterocycles. The van der Waals surface area contributed by atoms with Crippen LogP contribution in [0.5, 0.6) is 0 Å². The Labute approximate surface area is 76.4 Å². The highest BCUT2D eigenvalue weighted by Crippen LogP contribution is 2.32. The Balaban J connectivity index is 4.04. The van der Waals surface area contributed by atoms with Gasteiger partial charge in [0.2, 0.25) is 0 Å². The minimum atomic E-state index is 0.0420. The first-order valence-corrected chi connectivity index (χ1v) is 4.58. The number of hydrogen-bond donors (Lipinski definition) is 2. The molecule has 0 bridgehead atoms. The van der Waals surface area contributed by atoms with Crippen LogP contribution < -0.4 is 5.32 Å². The van der Waals surface area contributed by atoms with E-state index in [-0.39, 0.29) is 17.4 Å². The lowest BCUT2D eigenvalue weighted by atomic mass is 9.75. The molecule has 0 aliphatic carbocycles. The minimum absolute atomic E-state index is 0.0420. The molecule has 2 nitrogen and oxygen atoms in total. The van der Waals surface area contributed by atoms with Gasteiger partial charge in [0.05, 0.1) is 0 Å². The summed E-state index contributed by atoms with van der Waals surface area (Å²) in [6.07, 6.45) is 1.04. The van der Waals surface area contributed by atoms with Gasteiger partial charge in [-0.3, -0.25) is 0 Å². The van der Waals surface area contributed by atoms with Crippen molar-refractivity contribution in [3.8, 4) is 0 Å². The highest BCUT2D eigenvalue weighted by atomic mass is 16.3. The summed E-state index contributed by atoms with van der Waals surface area (Å²) in [6, 6.07) is 0. The van der Waals surface area contributed by atoms with Gasteiger partial charge in [-0.15, -0.1) is 0 Å². The summed E-state index contributed by atoms with van der Waals surface area (Å²) in [5, 5.41) is 12.3. The molecule has 12 heavy (non-hydrogen) atoms. The van der Waals surface area contributed by atoms with Crippen molar-refractivity contribution in [2.24, 2.45) is 10.8 Å². The molecule has 2 heteroatoms. The zero-order valence-electron chi connectivity index (χ0n) is 9.07. The van der Waals surface area contributed by atoms with Crippen LogP contribution in [0.4, 0.5) is 0 Å². The summed E-state index contributed by atoms with van der Waals surface area (Å²) < 4.78 is 0. The average Bonchev–Trinajstić information content (AvgIpc) is 1.85. The largest absolute Gasteiger partial charge is 0.396 e. The molecule has 0 aliphatic heterocycles. The van der Waals surface area contributed by atoms with Crippen molar-refractivity contribution in [3.63, 3.8) is 0 Å².